The van der Waals surface area contributed by atoms with Crippen LogP contribution in [0.2, 0.25) is 0 Å². The average molecular weight is 312 g/mol. The van der Waals surface area contributed by atoms with Crippen LogP contribution in [-0.2, 0) is 7.05 Å². The van der Waals surface area contributed by atoms with Gasteiger partial charge in [-0.2, -0.15) is 0 Å². The molecule has 6 heteroatoms. The summed E-state index contributed by atoms with van der Waals surface area (Å²) < 4.78 is 1.42. The number of aryl methyl sites for hydroxylation is 3. The molecule has 1 aliphatic heterocycles. The maximum atomic E-state index is 12.6. The molecule has 0 spiro atoms. The summed E-state index contributed by atoms with van der Waals surface area (Å²) in [5, 5.41) is 0. The van der Waals surface area contributed by atoms with Crippen LogP contribution in [0, 0.1) is 13.8 Å². The molecule has 0 aliphatic carbocycles. The molecule has 0 saturated carbocycles. The van der Waals surface area contributed by atoms with Gasteiger partial charge in [-0.25, -0.2) is 9.97 Å². The third kappa shape index (κ3) is 3.16. The summed E-state index contributed by atoms with van der Waals surface area (Å²) in [6, 6.07) is 4.96. The van der Waals surface area contributed by atoms with E-state index in [0.29, 0.717) is 18.7 Å². The van der Waals surface area contributed by atoms with Gasteiger partial charge in [0.15, 0.2) is 0 Å². The molecule has 2 aromatic heterocycles. The zero-order valence-corrected chi connectivity index (χ0v) is 13.6. The number of aromatic nitrogens is 3. The molecular formula is C17H20N4O2. The molecule has 1 fully saturated rings. The van der Waals surface area contributed by atoms with E-state index in [0.717, 1.165) is 23.6 Å². The Morgan fingerprint density at radius 1 is 1.22 bits per heavy atom. The maximum Gasteiger partial charge on any atom is 0.255 e. The van der Waals surface area contributed by atoms with E-state index in [1.54, 1.807) is 19.3 Å². The Hall–Kier alpha value is -2.50. The third-order valence-corrected chi connectivity index (χ3v) is 4.17. The van der Waals surface area contributed by atoms with Crippen LogP contribution in [0.3, 0.4) is 0 Å². The van der Waals surface area contributed by atoms with E-state index in [4.69, 9.17) is 0 Å². The monoisotopic (exact) mass is 312 g/mol. The molecule has 1 atom stereocenters. The van der Waals surface area contributed by atoms with E-state index in [1.165, 1.54) is 10.6 Å². The van der Waals surface area contributed by atoms with Crippen LogP contribution in [0.15, 0.2) is 29.2 Å². The first kappa shape index (κ1) is 15.4. The fraction of sp³-hybridized carbons (Fsp3) is 0.412. The van der Waals surface area contributed by atoms with Gasteiger partial charge in [-0.1, -0.05) is 0 Å². The second-order valence-electron chi connectivity index (χ2n) is 6.11. The number of likely N-dealkylation sites (tertiary alicyclic amines) is 1. The summed E-state index contributed by atoms with van der Waals surface area (Å²) in [6.45, 7) is 5.22. The summed E-state index contributed by atoms with van der Waals surface area (Å²) >= 11 is 0. The number of hydrogen-bond acceptors (Lipinski definition) is 4. The van der Waals surface area contributed by atoms with E-state index in [2.05, 4.69) is 9.97 Å². The third-order valence-electron chi connectivity index (χ3n) is 4.17. The fourth-order valence-corrected chi connectivity index (χ4v) is 2.99. The highest BCUT2D eigenvalue weighted by Crippen LogP contribution is 2.26. The van der Waals surface area contributed by atoms with Crippen LogP contribution in [0.25, 0.3) is 0 Å². The van der Waals surface area contributed by atoms with E-state index >= 15 is 0 Å². The molecule has 3 rings (SSSR count). The number of pyridine rings is 1. The first-order chi connectivity index (χ1) is 10.9. The highest BCUT2D eigenvalue weighted by molar-refractivity contribution is 5.94. The molecule has 2 aromatic rings. The minimum Gasteiger partial charge on any atom is -0.338 e. The molecule has 1 aliphatic rings. The van der Waals surface area contributed by atoms with E-state index in [9.17, 15) is 9.59 Å². The van der Waals surface area contributed by atoms with Gasteiger partial charge in [-0.3, -0.25) is 9.59 Å². The first-order valence-electron chi connectivity index (χ1n) is 7.72. The molecule has 0 unspecified atom stereocenters. The molecule has 120 valence electrons. The van der Waals surface area contributed by atoms with Crippen molar-refractivity contribution in [3.05, 3.63) is 57.5 Å². The lowest BCUT2D eigenvalue weighted by Crippen LogP contribution is -2.30. The predicted octanol–water partition coefficient (Wildman–Crippen LogP) is 1.42. The molecule has 6 nitrogen and oxygen atoms in total. The van der Waals surface area contributed by atoms with Crippen molar-refractivity contribution in [2.24, 2.45) is 7.05 Å². The Kier molecular flexibility index (Phi) is 3.98. The van der Waals surface area contributed by atoms with Gasteiger partial charge in [0, 0.05) is 49.7 Å². The molecule has 1 amide bonds. The van der Waals surface area contributed by atoms with Crippen LogP contribution in [0.1, 0.15) is 39.9 Å². The van der Waals surface area contributed by atoms with Crippen molar-refractivity contribution in [1.29, 1.82) is 0 Å². The summed E-state index contributed by atoms with van der Waals surface area (Å²) in [4.78, 5) is 34.9. The molecule has 23 heavy (non-hydrogen) atoms. The van der Waals surface area contributed by atoms with Gasteiger partial charge in [-0.05, 0) is 32.4 Å². The van der Waals surface area contributed by atoms with Crippen LogP contribution in [-0.4, -0.2) is 38.4 Å². The Morgan fingerprint density at radius 2 is 1.91 bits per heavy atom. The zero-order chi connectivity index (χ0) is 16.6. The van der Waals surface area contributed by atoms with E-state index in [1.807, 2.05) is 24.8 Å². The van der Waals surface area contributed by atoms with Crippen molar-refractivity contribution in [3.8, 4) is 0 Å². The molecular weight excluding hydrogens is 292 g/mol. The van der Waals surface area contributed by atoms with Gasteiger partial charge >= 0.3 is 0 Å². The van der Waals surface area contributed by atoms with Crippen LogP contribution in [0.5, 0.6) is 0 Å². The highest BCUT2D eigenvalue weighted by atomic mass is 16.2. The molecule has 0 bridgehead atoms. The Morgan fingerprint density at radius 3 is 2.57 bits per heavy atom. The standard InChI is InChI=1S/C17H20N4O2/c1-11-8-12(2)19-16(18-11)13-6-7-21(10-13)17(23)14-4-5-15(22)20(3)9-14/h4-5,8-9,13H,6-7,10H2,1-3H3/t13-/m0/s1. The maximum absolute atomic E-state index is 12.6. The number of carbonyl (C=O) groups excluding carboxylic acids is 1. The van der Waals surface area contributed by atoms with Crippen LogP contribution >= 0.6 is 0 Å². The van der Waals surface area contributed by atoms with Crippen LogP contribution in [0.4, 0.5) is 0 Å². The van der Waals surface area contributed by atoms with Gasteiger partial charge in [0.1, 0.15) is 5.82 Å². The van der Waals surface area contributed by atoms with Gasteiger partial charge in [0.2, 0.25) is 5.56 Å². The van der Waals surface area contributed by atoms with Crippen molar-refractivity contribution in [3.63, 3.8) is 0 Å². The largest absolute Gasteiger partial charge is 0.338 e. The number of hydrogen-bond donors (Lipinski definition) is 0. The number of nitrogens with zero attached hydrogens (tertiary/aromatic N) is 4. The quantitative estimate of drug-likeness (QED) is 0.841. The van der Waals surface area contributed by atoms with Gasteiger partial charge in [0.05, 0.1) is 5.56 Å². The highest BCUT2D eigenvalue weighted by Gasteiger charge is 2.30. The Bertz CT molecular complexity index is 792. The first-order valence-corrected chi connectivity index (χ1v) is 7.72. The number of rotatable bonds is 2. The summed E-state index contributed by atoms with van der Waals surface area (Å²) in [5.41, 5.74) is 2.32. The second kappa shape index (κ2) is 5.95. The second-order valence-corrected chi connectivity index (χ2v) is 6.11. The lowest BCUT2D eigenvalue weighted by atomic mass is 10.1. The van der Waals surface area contributed by atoms with Crippen molar-refractivity contribution in [2.75, 3.05) is 13.1 Å². The zero-order valence-electron chi connectivity index (χ0n) is 13.6. The van der Waals surface area contributed by atoms with Crippen LogP contribution < -0.4 is 5.56 Å². The predicted molar refractivity (Wildman–Crippen MR) is 86.5 cm³/mol. The SMILES string of the molecule is Cc1cc(C)nc([C@H]2CCN(C(=O)c3ccc(=O)n(C)c3)C2)n1. The average Bonchev–Trinajstić information content (AvgIpc) is 2.98. The number of amides is 1. The molecule has 0 radical (unpaired) electrons. The van der Waals surface area contributed by atoms with E-state index in [-0.39, 0.29) is 17.4 Å². The van der Waals surface area contributed by atoms with Gasteiger partial charge in [0.25, 0.3) is 5.91 Å². The summed E-state index contributed by atoms with van der Waals surface area (Å²) in [5.74, 6) is 0.941. The van der Waals surface area contributed by atoms with Crippen molar-refractivity contribution in [1.82, 2.24) is 19.4 Å². The lowest BCUT2D eigenvalue weighted by molar-refractivity contribution is 0.0789. The van der Waals surface area contributed by atoms with Gasteiger partial charge in [-0.15, -0.1) is 0 Å². The fourth-order valence-electron chi connectivity index (χ4n) is 2.99. The Balaban J connectivity index is 1.77. The molecule has 1 saturated heterocycles. The van der Waals surface area contributed by atoms with Gasteiger partial charge < -0.3 is 9.47 Å². The van der Waals surface area contributed by atoms with Crippen molar-refractivity contribution in [2.45, 2.75) is 26.2 Å². The topological polar surface area (TPSA) is 68.1 Å². The summed E-state index contributed by atoms with van der Waals surface area (Å²) in [7, 11) is 1.65. The van der Waals surface area contributed by atoms with E-state index < -0.39 is 0 Å². The minimum absolute atomic E-state index is 0.0486. The summed E-state index contributed by atoms with van der Waals surface area (Å²) in [6.07, 6.45) is 2.45. The van der Waals surface area contributed by atoms with Crippen molar-refractivity contribution < 1.29 is 4.79 Å². The smallest absolute Gasteiger partial charge is 0.255 e. The number of carbonyl (C=O) groups is 1. The normalized spacial score (nSPS) is 17.5. The molecule has 3 heterocycles. The molecule has 0 aromatic carbocycles. The molecule has 0 N–H and O–H groups in total. The van der Waals surface area contributed by atoms with Crippen molar-refractivity contribution >= 4 is 5.91 Å². The minimum atomic E-state index is -0.121. The lowest BCUT2D eigenvalue weighted by Gasteiger charge is -2.17. The Labute approximate surface area is 134 Å².